The van der Waals surface area contributed by atoms with E-state index >= 15 is 0 Å². The molecule has 2 heterocycles. The van der Waals surface area contributed by atoms with Crippen LogP contribution in [0.4, 0.5) is 0 Å². The average molecular weight is 240 g/mol. The Bertz CT molecular complexity index is 278. The predicted octanol–water partition coefficient (Wildman–Crippen LogP) is 0.844. The zero-order chi connectivity index (χ0) is 12.5. The molecule has 0 spiro atoms. The number of amides is 1. The van der Waals surface area contributed by atoms with Crippen LogP contribution >= 0.6 is 0 Å². The molecule has 0 aromatic rings. The first-order valence-corrected chi connectivity index (χ1v) is 6.70. The minimum absolute atomic E-state index is 0.339. The number of hydrogen-bond donors (Lipinski definition) is 1. The molecule has 2 saturated heterocycles. The first-order chi connectivity index (χ1) is 7.96. The van der Waals surface area contributed by atoms with E-state index in [4.69, 9.17) is 0 Å². The molecule has 0 atom stereocenters. The third kappa shape index (κ3) is 3.42. The Morgan fingerprint density at radius 3 is 2.41 bits per heavy atom. The number of carbonyl (C=O) groups excluding carboxylic acids is 1. The molecule has 0 aliphatic carbocycles. The summed E-state index contributed by atoms with van der Waals surface area (Å²) in [5.74, 6) is 0.339. The van der Waals surface area contributed by atoms with Crippen LogP contribution in [0.3, 0.4) is 0 Å². The first-order valence-electron chi connectivity index (χ1n) is 6.70. The van der Waals surface area contributed by atoms with Crippen molar-refractivity contribution < 1.29 is 9.90 Å². The van der Waals surface area contributed by atoms with Crippen molar-refractivity contribution in [2.75, 3.05) is 26.2 Å². The fourth-order valence-corrected chi connectivity index (χ4v) is 2.99. The van der Waals surface area contributed by atoms with Crippen LogP contribution in [0.25, 0.3) is 0 Å². The molecule has 4 heteroatoms. The Labute approximate surface area is 104 Å². The van der Waals surface area contributed by atoms with Gasteiger partial charge >= 0.3 is 0 Å². The standard InChI is InChI=1S/C13H24N2O2/c1-13(2,17)10-14-8-5-11(6-9-14)15-7-3-4-12(15)16/h11,17H,3-10H2,1-2H3. The molecule has 0 radical (unpaired) electrons. The highest BCUT2D eigenvalue weighted by Crippen LogP contribution is 2.22. The summed E-state index contributed by atoms with van der Waals surface area (Å²) >= 11 is 0. The number of piperidine rings is 1. The largest absolute Gasteiger partial charge is 0.389 e. The van der Waals surface area contributed by atoms with Crippen LogP contribution in [-0.4, -0.2) is 58.6 Å². The molecule has 2 rings (SSSR count). The lowest BCUT2D eigenvalue weighted by molar-refractivity contribution is -0.130. The summed E-state index contributed by atoms with van der Waals surface area (Å²) in [6, 6.07) is 0.447. The molecule has 98 valence electrons. The molecule has 17 heavy (non-hydrogen) atoms. The molecule has 4 nitrogen and oxygen atoms in total. The maximum Gasteiger partial charge on any atom is 0.222 e. The number of likely N-dealkylation sites (tertiary alicyclic amines) is 2. The molecule has 1 amide bonds. The summed E-state index contributed by atoms with van der Waals surface area (Å²) in [4.78, 5) is 16.0. The molecule has 0 unspecified atom stereocenters. The predicted molar refractivity (Wildman–Crippen MR) is 66.7 cm³/mol. The van der Waals surface area contributed by atoms with Crippen molar-refractivity contribution in [1.82, 2.24) is 9.80 Å². The van der Waals surface area contributed by atoms with Crippen molar-refractivity contribution in [3.05, 3.63) is 0 Å². The molecular formula is C13H24N2O2. The van der Waals surface area contributed by atoms with Gasteiger partial charge in [-0.1, -0.05) is 0 Å². The van der Waals surface area contributed by atoms with E-state index in [2.05, 4.69) is 9.80 Å². The first kappa shape index (κ1) is 12.8. The summed E-state index contributed by atoms with van der Waals surface area (Å²) < 4.78 is 0. The van der Waals surface area contributed by atoms with E-state index in [1.807, 2.05) is 13.8 Å². The van der Waals surface area contributed by atoms with Gasteiger partial charge in [-0.05, 0) is 33.1 Å². The Balaban J connectivity index is 1.80. The van der Waals surface area contributed by atoms with Crippen LogP contribution in [0.5, 0.6) is 0 Å². The van der Waals surface area contributed by atoms with Gasteiger partial charge in [0.15, 0.2) is 0 Å². The number of rotatable bonds is 3. The maximum absolute atomic E-state index is 11.7. The van der Waals surface area contributed by atoms with Gasteiger partial charge in [0.1, 0.15) is 0 Å². The van der Waals surface area contributed by atoms with Crippen molar-refractivity contribution in [3.8, 4) is 0 Å². The number of β-amino-alcohol motifs (C(OH)–C–C–N with tert-alkyl or cyclic N) is 1. The van der Waals surface area contributed by atoms with Gasteiger partial charge in [0.25, 0.3) is 0 Å². The van der Waals surface area contributed by atoms with E-state index in [0.29, 0.717) is 11.9 Å². The monoisotopic (exact) mass is 240 g/mol. The van der Waals surface area contributed by atoms with Crippen LogP contribution in [0.2, 0.25) is 0 Å². The Hall–Kier alpha value is -0.610. The molecule has 0 aromatic carbocycles. The highest BCUT2D eigenvalue weighted by molar-refractivity contribution is 5.78. The van der Waals surface area contributed by atoms with Gasteiger partial charge in [-0.25, -0.2) is 0 Å². The smallest absolute Gasteiger partial charge is 0.222 e. The normalized spacial score (nSPS) is 24.6. The lowest BCUT2D eigenvalue weighted by Gasteiger charge is -2.38. The van der Waals surface area contributed by atoms with Gasteiger partial charge in [-0.3, -0.25) is 4.79 Å². The quantitative estimate of drug-likeness (QED) is 0.795. The van der Waals surface area contributed by atoms with Gasteiger partial charge in [0.05, 0.1) is 5.60 Å². The van der Waals surface area contributed by atoms with E-state index in [-0.39, 0.29) is 0 Å². The maximum atomic E-state index is 11.7. The molecule has 2 aliphatic heterocycles. The molecule has 0 aromatic heterocycles. The number of nitrogens with zero attached hydrogens (tertiary/aromatic N) is 2. The molecule has 2 fully saturated rings. The number of hydrogen-bond acceptors (Lipinski definition) is 3. The van der Waals surface area contributed by atoms with Gasteiger partial charge in [0, 0.05) is 38.6 Å². The van der Waals surface area contributed by atoms with E-state index in [1.54, 1.807) is 0 Å². The second-order valence-corrected chi connectivity index (χ2v) is 6.01. The minimum Gasteiger partial charge on any atom is -0.389 e. The Morgan fingerprint density at radius 1 is 1.29 bits per heavy atom. The average Bonchev–Trinajstić information content (AvgIpc) is 2.63. The third-order valence-corrected chi connectivity index (χ3v) is 3.72. The lowest BCUT2D eigenvalue weighted by atomic mass is 10.0. The molecule has 0 bridgehead atoms. The van der Waals surface area contributed by atoms with E-state index < -0.39 is 5.60 Å². The highest BCUT2D eigenvalue weighted by Gasteiger charge is 2.31. The zero-order valence-electron chi connectivity index (χ0n) is 11.0. The zero-order valence-corrected chi connectivity index (χ0v) is 11.0. The lowest BCUT2D eigenvalue weighted by Crippen LogP contribution is -2.48. The van der Waals surface area contributed by atoms with Crippen LogP contribution < -0.4 is 0 Å². The summed E-state index contributed by atoms with van der Waals surface area (Å²) in [7, 11) is 0. The SMILES string of the molecule is CC(C)(O)CN1CCC(N2CCCC2=O)CC1. The second kappa shape index (κ2) is 4.94. The van der Waals surface area contributed by atoms with Crippen molar-refractivity contribution in [2.45, 2.75) is 51.2 Å². The van der Waals surface area contributed by atoms with Crippen molar-refractivity contribution >= 4 is 5.91 Å². The molecule has 1 N–H and O–H groups in total. The van der Waals surface area contributed by atoms with Crippen LogP contribution in [0, 0.1) is 0 Å². The van der Waals surface area contributed by atoms with Crippen LogP contribution in [-0.2, 0) is 4.79 Å². The summed E-state index contributed by atoms with van der Waals surface area (Å²) in [5, 5.41) is 9.78. The summed E-state index contributed by atoms with van der Waals surface area (Å²) in [6.07, 6.45) is 3.89. The third-order valence-electron chi connectivity index (χ3n) is 3.72. The van der Waals surface area contributed by atoms with E-state index in [0.717, 1.165) is 51.9 Å². The Morgan fingerprint density at radius 2 is 1.94 bits per heavy atom. The van der Waals surface area contributed by atoms with Gasteiger partial charge < -0.3 is 14.9 Å². The van der Waals surface area contributed by atoms with Crippen molar-refractivity contribution in [1.29, 1.82) is 0 Å². The van der Waals surface area contributed by atoms with Gasteiger partial charge in [-0.15, -0.1) is 0 Å². The van der Waals surface area contributed by atoms with Gasteiger partial charge in [-0.2, -0.15) is 0 Å². The molecule has 2 aliphatic rings. The number of aliphatic hydroxyl groups is 1. The van der Waals surface area contributed by atoms with Crippen molar-refractivity contribution in [3.63, 3.8) is 0 Å². The fourth-order valence-electron chi connectivity index (χ4n) is 2.99. The van der Waals surface area contributed by atoms with Gasteiger partial charge in [0.2, 0.25) is 5.91 Å². The topological polar surface area (TPSA) is 43.8 Å². The van der Waals surface area contributed by atoms with Crippen LogP contribution in [0.15, 0.2) is 0 Å². The van der Waals surface area contributed by atoms with E-state index in [1.165, 1.54) is 0 Å². The second-order valence-electron chi connectivity index (χ2n) is 6.01. The molecule has 0 saturated carbocycles. The summed E-state index contributed by atoms with van der Waals surface area (Å²) in [6.45, 7) is 7.38. The molecular weight excluding hydrogens is 216 g/mol. The fraction of sp³-hybridized carbons (Fsp3) is 0.923. The van der Waals surface area contributed by atoms with Crippen LogP contribution in [0.1, 0.15) is 39.5 Å². The minimum atomic E-state index is -0.615. The Kier molecular flexibility index (Phi) is 3.73. The highest BCUT2D eigenvalue weighted by atomic mass is 16.3. The number of carbonyl (C=O) groups is 1. The summed E-state index contributed by atoms with van der Waals surface area (Å²) in [5.41, 5.74) is -0.615. The van der Waals surface area contributed by atoms with Crippen molar-refractivity contribution in [2.24, 2.45) is 0 Å². The van der Waals surface area contributed by atoms with E-state index in [9.17, 15) is 9.90 Å².